The number of hydrogen-bond acceptors (Lipinski definition) is 2. The maximum atomic E-state index is 12.6. The predicted molar refractivity (Wildman–Crippen MR) is 66.7 cm³/mol. The van der Waals surface area contributed by atoms with Crippen molar-refractivity contribution in [2.45, 2.75) is 19.6 Å². The maximum absolute atomic E-state index is 12.6. The van der Waals surface area contributed by atoms with Gasteiger partial charge in [-0.2, -0.15) is 13.2 Å². The minimum absolute atomic E-state index is 0.0438. The quantitative estimate of drug-likeness (QED) is 0.872. The minimum atomic E-state index is -4.56. The van der Waals surface area contributed by atoms with Gasteiger partial charge in [-0.05, 0) is 6.07 Å². The van der Waals surface area contributed by atoms with Gasteiger partial charge in [0.25, 0.3) is 5.56 Å². The van der Waals surface area contributed by atoms with E-state index in [0.717, 1.165) is 4.57 Å². The number of hydrogen-bond donors (Lipinski definition) is 1. The highest BCUT2D eigenvalue weighted by Crippen LogP contribution is 2.29. The Morgan fingerprint density at radius 1 is 1.61 bits per heavy atom. The van der Waals surface area contributed by atoms with Gasteiger partial charge in [-0.1, -0.05) is 30.7 Å². The van der Waals surface area contributed by atoms with E-state index in [4.69, 9.17) is 29.6 Å². The maximum Gasteiger partial charge on any atom is 0.417 e. The van der Waals surface area contributed by atoms with Gasteiger partial charge in [-0.3, -0.25) is 4.79 Å². The highest BCUT2D eigenvalue weighted by Gasteiger charge is 2.32. The zero-order valence-electron chi connectivity index (χ0n) is 9.29. The molecular weight excluding hydrogens is 289 g/mol. The Labute approximate surface area is 111 Å². The van der Waals surface area contributed by atoms with Crippen molar-refractivity contribution in [3.63, 3.8) is 0 Å². The van der Waals surface area contributed by atoms with Gasteiger partial charge < -0.3 is 10.3 Å². The van der Waals surface area contributed by atoms with E-state index in [1.54, 1.807) is 6.92 Å². The van der Waals surface area contributed by atoms with Gasteiger partial charge in [0.15, 0.2) is 0 Å². The molecule has 1 unspecified atom stereocenters. The number of aromatic nitrogens is 1. The highest BCUT2D eigenvalue weighted by molar-refractivity contribution is 7.80. The molecule has 1 rings (SSSR count). The molecule has 2 N–H and O–H groups in total. The topological polar surface area (TPSA) is 48.0 Å². The van der Waals surface area contributed by atoms with E-state index in [2.05, 4.69) is 0 Å². The van der Waals surface area contributed by atoms with Crippen LogP contribution in [0.1, 0.15) is 12.5 Å². The molecule has 1 aromatic heterocycles. The summed E-state index contributed by atoms with van der Waals surface area (Å²) >= 11 is 10.2. The van der Waals surface area contributed by atoms with Gasteiger partial charge in [0, 0.05) is 18.7 Å². The van der Waals surface area contributed by atoms with E-state index in [-0.39, 0.29) is 11.5 Å². The zero-order valence-corrected chi connectivity index (χ0v) is 10.9. The molecule has 0 saturated carbocycles. The smallest absolute Gasteiger partial charge is 0.393 e. The molecule has 1 atom stereocenters. The van der Waals surface area contributed by atoms with Crippen LogP contribution in [0.3, 0.4) is 0 Å². The minimum Gasteiger partial charge on any atom is -0.393 e. The molecule has 0 aliphatic carbocycles. The highest BCUT2D eigenvalue weighted by atomic mass is 35.5. The second-order valence-corrected chi connectivity index (χ2v) is 4.71. The molecule has 0 amide bonds. The lowest BCUT2D eigenvalue weighted by Gasteiger charge is -2.15. The van der Waals surface area contributed by atoms with Gasteiger partial charge in [-0.15, -0.1) is 0 Å². The molecule has 0 aliphatic rings. The van der Waals surface area contributed by atoms with Crippen LogP contribution in [0, 0.1) is 5.92 Å². The van der Waals surface area contributed by atoms with Crippen molar-refractivity contribution in [1.29, 1.82) is 0 Å². The second-order valence-electron chi connectivity index (χ2n) is 3.84. The Morgan fingerprint density at radius 3 is 2.61 bits per heavy atom. The normalized spacial score (nSPS) is 13.4. The number of pyridine rings is 1. The summed E-state index contributed by atoms with van der Waals surface area (Å²) in [6, 6.07) is 0.603. The number of alkyl halides is 3. The Balaban J connectivity index is 3.23. The molecule has 0 saturated heterocycles. The molecule has 0 spiro atoms. The van der Waals surface area contributed by atoms with Gasteiger partial charge in [0.05, 0.1) is 10.6 Å². The third-order valence-electron chi connectivity index (χ3n) is 2.33. The van der Waals surface area contributed by atoms with Crippen molar-refractivity contribution < 1.29 is 13.2 Å². The number of thiocarbonyl (C=S) groups is 1. The summed E-state index contributed by atoms with van der Waals surface area (Å²) in [4.78, 5) is 11.7. The number of halogens is 4. The first-order valence-corrected chi connectivity index (χ1v) is 5.68. The Morgan fingerprint density at radius 2 is 2.17 bits per heavy atom. The van der Waals surface area contributed by atoms with Crippen LogP contribution in [0.4, 0.5) is 13.2 Å². The third kappa shape index (κ3) is 3.46. The van der Waals surface area contributed by atoms with Crippen molar-refractivity contribution in [2.24, 2.45) is 11.7 Å². The van der Waals surface area contributed by atoms with Crippen molar-refractivity contribution in [2.75, 3.05) is 0 Å². The van der Waals surface area contributed by atoms with E-state index in [1.165, 1.54) is 0 Å². The van der Waals surface area contributed by atoms with E-state index < -0.39 is 28.2 Å². The lowest BCUT2D eigenvalue weighted by Crippen LogP contribution is -2.30. The molecule has 0 aromatic carbocycles. The van der Waals surface area contributed by atoms with Gasteiger partial charge in [-0.25, -0.2) is 0 Å². The van der Waals surface area contributed by atoms with Crippen LogP contribution >= 0.6 is 23.8 Å². The van der Waals surface area contributed by atoms with Gasteiger partial charge in [0.1, 0.15) is 5.02 Å². The summed E-state index contributed by atoms with van der Waals surface area (Å²) in [5.74, 6) is -0.405. The lowest BCUT2D eigenvalue weighted by atomic mass is 10.1. The summed E-state index contributed by atoms with van der Waals surface area (Å²) in [6.45, 7) is 1.57. The molecule has 3 nitrogen and oxygen atoms in total. The first-order valence-electron chi connectivity index (χ1n) is 4.89. The van der Waals surface area contributed by atoms with Crippen LogP contribution in [0.15, 0.2) is 17.1 Å². The average molecular weight is 299 g/mol. The van der Waals surface area contributed by atoms with Crippen LogP contribution in [-0.4, -0.2) is 9.56 Å². The largest absolute Gasteiger partial charge is 0.417 e. The van der Waals surface area contributed by atoms with Gasteiger partial charge >= 0.3 is 6.18 Å². The third-order valence-corrected chi connectivity index (χ3v) is 3.00. The Bertz CT molecular complexity index is 527. The van der Waals surface area contributed by atoms with Crippen LogP contribution in [0.5, 0.6) is 0 Å². The standard InChI is InChI=1S/C10H10ClF3N2OS/c1-5(8(15)18)3-16-4-6(10(12,13)14)2-7(11)9(16)17/h2,4-5H,3H2,1H3,(H2,15,18). The van der Waals surface area contributed by atoms with Crippen molar-refractivity contribution in [3.05, 3.63) is 33.2 Å². The van der Waals surface area contributed by atoms with E-state index in [9.17, 15) is 18.0 Å². The number of nitrogens with zero attached hydrogens (tertiary/aromatic N) is 1. The summed E-state index contributed by atoms with van der Waals surface area (Å²) in [7, 11) is 0. The Hall–Kier alpha value is -1.08. The molecule has 1 aromatic rings. The van der Waals surface area contributed by atoms with Crippen LogP contribution < -0.4 is 11.3 Å². The summed E-state index contributed by atoms with van der Waals surface area (Å²) in [6.07, 6.45) is -3.85. The van der Waals surface area contributed by atoms with E-state index >= 15 is 0 Å². The molecule has 1 heterocycles. The summed E-state index contributed by atoms with van der Waals surface area (Å²) in [5, 5.41) is -0.486. The molecule has 0 fully saturated rings. The van der Waals surface area contributed by atoms with Crippen molar-refractivity contribution >= 4 is 28.8 Å². The zero-order chi connectivity index (χ0) is 14.1. The Kier molecular flexibility index (Phi) is 4.39. The monoisotopic (exact) mass is 298 g/mol. The first-order chi connectivity index (χ1) is 8.12. The predicted octanol–water partition coefficient (Wildman–Crippen LogP) is 2.44. The molecule has 18 heavy (non-hydrogen) atoms. The molecule has 0 radical (unpaired) electrons. The second kappa shape index (κ2) is 5.27. The SMILES string of the molecule is CC(Cn1cc(C(F)(F)F)cc(Cl)c1=O)C(N)=S. The fourth-order valence-corrected chi connectivity index (χ4v) is 1.58. The molecule has 8 heteroatoms. The number of rotatable bonds is 3. The van der Waals surface area contributed by atoms with E-state index in [1.807, 2.05) is 0 Å². The molecular formula is C10H10ClF3N2OS. The van der Waals surface area contributed by atoms with E-state index in [0.29, 0.717) is 12.3 Å². The van der Waals surface area contributed by atoms with Crippen LogP contribution in [-0.2, 0) is 12.7 Å². The fraction of sp³-hybridized carbons (Fsp3) is 0.400. The number of nitrogens with two attached hydrogens (primary N) is 1. The van der Waals surface area contributed by atoms with Crippen LogP contribution in [0.25, 0.3) is 0 Å². The first kappa shape index (κ1) is 15.0. The average Bonchev–Trinajstić information content (AvgIpc) is 2.22. The fourth-order valence-electron chi connectivity index (χ4n) is 1.27. The molecule has 0 bridgehead atoms. The molecule has 100 valence electrons. The lowest BCUT2D eigenvalue weighted by molar-refractivity contribution is -0.138. The summed E-state index contributed by atoms with van der Waals surface area (Å²) in [5.41, 5.74) is 3.67. The van der Waals surface area contributed by atoms with Crippen LogP contribution in [0.2, 0.25) is 5.02 Å². The van der Waals surface area contributed by atoms with Crippen molar-refractivity contribution in [3.8, 4) is 0 Å². The van der Waals surface area contributed by atoms with Crippen molar-refractivity contribution in [1.82, 2.24) is 4.57 Å². The summed E-state index contributed by atoms with van der Waals surface area (Å²) < 4.78 is 38.5. The molecule has 0 aliphatic heterocycles. The van der Waals surface area contributed by atoms with Gasteiger partial charge in [0.2, 0.25) is 0 Å².